The number of nitrogens with two attached hydrogens (primary N) is 3. The van der Waals surface area contributed by atoms with Crippen LogP contribution in [0.1, 0.15) is 93.7 Å². The minimum absolute atomic E-state index is 0.0149. The van der Waals surface area contributed by atoms with E-state index < -0.39 is 242 Å². The van der Waals surface area contributed by atoms with Crippen molar-refractivity contribution in [3.8, 4) is 11.5 Å². The van der Waals surface area contributed by atoms with Crippen molar-refractivity contribution < 1.29 is 102 Å². The molecule has 616 valence electrons. The predicted molar refractivity (Wildman–Crippen MR) is 406 cm³/mol. The van der Waals surface area contributed by atoms with Gasteiger partial charge in [0, 0.05) is 63.4 Å². The zero-order valence-corrected chi connectivity index (χ0v) is 63.5. The number of primary amides is 2. The number of amides is 16. The Bertz CT molecular complexity index is 4070. The number of nitrogens with one attached hydrogen (secondary N) is 13. The van der Waals surface area contributed by atoms with E-state index in [1.165, 1.54) is 58.3 Å². The average Bonchev–Trinajstić information content (AvgIpc) is 1.63. The molecule has 0 radical (unpaired) electrons. The van der Waals surface area contributed by atoms with Crippen molar-refractivity contribution in [1.29, 1.82) is 5.41 Å². The molecule has 114 heavy (non-hydrogen) atoms. The highest BCUT2D eigenvalue weighted by molar-refractivity contribution is 8.76. The number of aromatic hydroxyl groups is 2. The SMILES string of the molecule is N=C(N)NCCC[C@@H]1NC(=O)[C@H](CC(N)=O)NC(=O)[C@@H]2CSSC[C@H](NC(=O)[C@H](CCC(=O)O)NC(=O)[C@@H]3CCCN3C(=O)[C@@H]3CCCN3C(=O)[C@H](Cc3ccc(O)cc3)NC(=O)[C@H](CO)NC1=O)C(=O)N[C@@H](Cc1ccccc1)C(=O)N1CCC[C@H]1C(=O)N[C@@H](CC(N)=O)C(=O)NCC(=O)N[C@@H](Cc1ccc(O)cc1)C(=O)N2. The van der Waals surface area contributed by atoms with Crippen LogP contribution in [-0.4, -0.2) is 271 Å². The Balaban J connectivity index is 1.25. The number of rotatable bonds is 18. The van der Waals surface area contributed by atoms with Crippen LogP contribution < -0.4 is 81.0 Å². The first-order valence-electron chi connectivity index (χ1n) is 36.9. The number of aliphatic carboxylic acids is 1. The number of hydrogen-bond acceptors (Lipinski definition) is 23. The summed E-state index contributed by atoms with van der Waals surface area (Å²) in [6.45, 7) is -2.45. The fraction of sp³-hybridized carbons (Fsp3) is 0.500. The molecule has 23 N–H and O–H groups in total. The molecule has 5 saturated heterocycles. The second-order valence-electron chi connectivity index (χ2n) is 27.9. The highest BCUT2D eigenvalue weighted by Crippen LogP contribution is 2.29. The maximum absolute atomic E-state index is 15.4. The standard InChI is InChI=1S/C72H95N19O21S2/c73-55(95)31-45-59(100)78-33-57(97)79-44(28-38-14-18-40(93)19-15-38)62(103)88-50-35-113-114-36-51(66(107)85-47(29-37-8-2-1-3-9-37)69(110)89-25-5-11-52(89)68(109)83-45)87-61(102)43(22-23-58(98)99)81-67(108)53-12-6-26-90(53)71(112)54-13-7-27-91(54)70(111)48(30-39-16-20-41(94)21-17-39)84-64(105)49(34-92)86-60(101)42(10-4-24-77-72(75)76)80-63(104)46(32-56(74)96)82-65(50)106/h1-3,8-9,14-21,42-54,92-94H,4-7,10-13,22-36H2,(H2,73,95)(H2,74,96)(H,78,100)(H,79,97)(H,80,104)(H,81,108)(H,82,106)(H,83,109)(H,84,105)(H,85,107)(H,86,101)(H,87,102)(H,88,103)(H,98,99)(H4,75,76,77)/t42-,43-,44-,45-,46-,47-,48-,49-,50-,51-,52-,53-,54-/m0/s1. The Morgan fingerprint density at radius 1 is 0.447 bits per heavy atom. The number of phenols is 2. The van der Waals surface area contributed by atoms with Crippen molar-refractivity contribution in [3.05, 3.63) is 95.6 Å². The second-order valence-corrected chi connectivity index (χ2v) is 30.4. The van der Waals surface area contributed by atoms with Crippen LogP contribution in [0.15, 0.2) is 78.9 Å². The molecule has 5 fully saturated rings. The topological polar surface area (TPSA) is 627 Å². The van der Waals surface area contributed by atoms with Gasteiger partial charge in [0.05, 0.1) is 26.0 Å². The monoisotopic (exact) mass is 1630 g/mol. The Hall–Kier alpha value is -11.8. The number of phenolic OH excluding ortho intramolecular Hbond substituents is 2. The maximum Gasteiger partial charge on any atom is 0.303 e. The van der Waals surface area contributed by atoms with Crippen molar-refractivity contribution in [2.24, 2.45) is 17.2 Å². The average molecular weight is 1630 g/mol. The Kier molecular flexibility index (Phi) is 32.5. The molecule has 16 amide bonds. The molecule has 8 rings (SSSR count). The van der Waals surface area contributed by atoms with Crippen molar-refractivity contribution in [2.75, 3.05) is 50.8 Å². The molecule has 0 aliphatic carbocycles. The summed E-state index contributed by atoms with van der Waals surface area (Å²) in [5.74, 6) is -20.9. The smallest absolute Gasteiger partial charge is 0.303 e. The van der Waals surface area contributed by atoms with Gasteiger partial charge in [-0.2, -0.15) is 0 Å². The molecule has 3 aromatic rings. The van der Waals surface area contributed by atoms with Crippen molar-refractivity contribution >= 4 is 128 Å². The quantitative estimate of drug-likeness (QED) is 0.0244. The summed E-state index contributed by atoms with van der Waals surface area (Å²) in [5.41, 5.74) is 17.9. The van der Waals surface area contributed by atoms with Crippen molar-refractivity contribution in [1.82, 2.24) is 78.5 Å². The van der Waals surface area contributed by atoms with Gasteiger partial charge in [-0.15, -0.1) is 0 Å². The van der Waals surface area contributed by atoms with E-state index in [2.05, 4.69) is 63.8 Å². The van der Waals surface area contributed by atoms with Crippen molar-refractivity contribution in [3.63, 3.8) is 0 Å². The second kappa shape index (κ2) is 42.2. The highest BCUT2D eigenvalue weighted by atomic mass is 33.1. The van der Waals surface area contributed by atoms with Gasteiger partial charge >= 0.3 is 5.97 Å². The number of aliphatic hydroxyl groups is 1. The third kappa shape index (κ3) is 25.6. The molecular weight excluding hydrogens is 1530 g/mol. The molecule has 5 aliphatic heterocycles. The summed E-state index contributed by atoms with van der Waals surface area (Å²) >= 11 is 0. The molecule has 3 aromatic carbocycles. The van der Waals surface area contributed by atoms with Crippen LogP contribution >= 0.6 is 21.6 Å². The molecule has 5 heterocycles. The number of benzene rings is 3. The first kappa shape index (κ1) is 87.8. The molecule has 42 heteroatoms. The van der Waals surface area contributed by atoms with Crippen LogP contribution in [-0.2, 0) is 101 Å². The maximum atomic E-state index is 15.4. The first-order valence-corrected chi connectivity index (χ1v) is 39.4. The number of carboxylic acids is 1. The number of guanidine groups is 1. The van der Waals surface area contributed by atoms with Gasteiger partial charge in [0.25, 0.3) is 0 Å². The predicted octanol–water partition coefficient (Wildman–Crippen LogP) is -6.66. The van der Waals surface area contributed by atoms with Crippen LogP contribution in [0.4, 0.5) is 0 Å². The molecule has 0 saturated carbocycles. The summed E-state index contributed by atoms with van der Waals surface area (Å²) < 4.78 is 0. The summed E-state index contributed by atoms with van der Waals surface area (Å²) in [5, 5.41) is 78.7. The number of hydrogen-bond donors (Lipinski definition) is 20. The Labute approximate surface area is 660 Å². The van der Waals surface area contributed by atoms with E-state index in [4.69, 9.17) is 22.6 Å². The zero-order chi connectivity index (χ0) is 82.9. The lowest BCUT2D eigenvalue weighted by Gasteiger charge is -2.34. The van der Waals surface area contributed by atoms with E-state index >= 15 is 28.8 Å². The van der Waals surface area contributed by atoms with Crippen LogP contribution in [0.5, 0.6) is 11.5 Å². The number of carbonyl (C=O) groups excluding carboxylic acids is 16. The number of carboxylic acid groups (broad SMARTS) is 1. The molecule has 5 aliphatic rings. The van der Waals surface area contributed by atoms with E-state index in [0.29, 0.717) is 21.9 Å². The van der Waals surface area contributed by atoms with Gasteiger partial charge in [0.15, 0.2) is 5.96 Å². The Morgan fingerprint density at radius 2 is 0.842 bits per heavy atom. The number of nitrogens with zero attached hydrogens (tertiary/aromatic N) is 3. The minimum Gasteiger partial charge on any atom is -0.508 e. The lowest BCUT2D eigenvalue weighted by Crippen LogP contribution is -2.61. The van der Waals surface area contributed by atoms with E-state index in [0.717, 1.165) is 15.7 Å². The number of fused-ring (bicyclic) bond motifs is 8. The van der Waals surface area contributed by atoms with E-state index in [1.807, 2.05) is 0 Å². The third-order valence-electron chi connectivity index (χ3n) is 19.4. The summed E-state index contributed by atoms with van der Waals surface area (Å²) in [4.78, 5) is 248. The third-order valence-corrected chi connectivity index (χ3v) is 21.9. The van der Waals surface area contributed by atoms with E-state index in [-0.39, 0.29) is 107 Å². The van der Waals surface area contributed by atoms with Gasteiger partial charge in [0.1, 0.15) is 90.0 Å². The fourth-order valence-corrected chi connectivity index (χ4v) is 15.9. The van der Waals surface area contributed by atoms with Gasteiger partial charge in [0.2, 0.25) is 94.5 Å². The molecule has 0 unspecified atom stereocenters. The van der Waals surface area contributed by atoms with Gasteiger partial charge in [-0.1, -0.05) is 76.2 Å². The largest absolute Gasteiger partial charge is 0.508 e. The van der Waals surface area contributed by atoms with Crippen LogP contribution in [0.3, 0.4) is 0 Å². The van der Waals surface area contributed by atoms with E-state index in [9.17, 15) is 73.2 Å². The molecule has 2 bridgehead atoms. The number of aliphatic hydroxyl groups excluding tert-OH is 1. The van der Waals surface area contributed by atoms with Crippen molar-refractivity contribution in [2.45, 2.75) is 175 Å². The lowest BCUT2D eigenvalue weighted by atomic mass is 10.0. The van der Waals surface area contributed by atoms with Gasteiger partial charge in [-0.05, 0) is 98.7 Å². The highest BCUT2D eigenvalue weighted by Gasteiger charge is 2.46. The number of carbonyl (C=O) groups is 17. The molecule has 0 aromatic heterocycles. The van der Waals surface area contributed by atoms with Gasteiger partial charge in [-0.3, -0.25) is 86.9 Å². The summed E-state index contributed by atoms with van der Waals surface area (Å²) in [6, 6.07) is -3.18. The Morgan fingerprint density at radius 3 is 1.35 bits per heavy atom. The fourth-order valence-electron chi connectivity index (χ4n) is 13.6. The molecule has 40 nitrogen and oxygen atoms in total. The van der Waals surface area contributed by atoms with Gasteiger partial charge in [-0.25, -0.2) is 0 Å². The van der Waals surface area contributed by atoms with Gasteiger partial charge < -0.3 is 116 Å². The van der Waals surface area contributed by atoms with Crippen LogP contribution in [0.25, 0.3) is 0 Å². The van der Waals surface area contributed by atoms with Crippen LogP contribution in [0.2, 0.25) is 0 Å². The van der Waals surface area contributed by atoms with Crippen LogP contribution in [0, 0.1) is 5.41 Å². The molecule has 13 atom stereocenters. The first-order chi connectivity index (χ1) is 54.4. The normalized spacial score (nSPS) is 26.2. The molecule has 0 spiro atoms. The van der Waals surface area contributed by atoms with E-state index in [1.54, 1.807) is 30.3 Å². The minimum atomic E-state index is -2.06. The summed E-state index contributed by atoms with van der Waals surface area (Å²) in [6.07, 6.45) is -4.16. The zero-order valence-electron chi connectivity index (χ0n) is 61.9. The summed E-state index contributed by atoms with van der Waals surface area (Å²) in [7, 11) is 1.45. The molecular formula is C72H95N19O21S2. The lowest BCUT2D eigenvalue weighted by molar-refractivity contribution is -0.148.